The van der Waals surface area contributed by atoms with Crippen LogP contribution in [-0.2, 0) is 13.6 Å². The van der Waals surface area contributed by atoms with Crippen molar-refractivity contribution >= 4 is 27.5 Å². The Kier molecular flexibility index (Phi) is 3.85. The Balaban J connectivity index is 1.77. The lowest BCUT2D eigenvalue weighted by Gasteiger charge is -2.08. The number of carbonyl (C=O) groups is 1. The summed E-state index contributed by atoms with van der Waals surface area (Å²) in [6.07, 6.45) is 0. The van der Waals surface area contributed by atoms with Crippen LogP contribution in [0.1, 0.15) is 20.9 Å². The highest BCUT2D eigenvalue weighted by Crippen LogP contribution is 2.27. The fourth-order valence-corrected chi connectivity index (χ4v) is 3.47. The highest BCUT2D eigenvalue weighted by Gasteiger charge is 2.15. The Morgan fingerprint density at radius 2 is 2.18 bits per heavy atom. The monoisotopic (exact) mass is 315 g/mol. The number of rotatable bonds is 4. The molecule has 3 aromatic rings. The Morgan fingerprint density at radius 3 is 2.91 bits per heavy atom. The molecule has 3 rings (SSSR count). The topological polar surface area (TPSA) is 56.1 Å². The summed E-state index contributed by atoms with van der Waals surface area (Å²) >= 11 is 1.46. The second-order valence-corrected chi connectivity index (χ2v) is 6.06. The molecule has 0 bridgehead atoms. The first-order valence-corrected chi connectivity index (χ1v) is 7.75. The summed E-state index contributed by atoms with van der Waals surface area (Å²) in [4.78, 5) is 14.0. The van der Waals surface area contributed by atoms with Crippen molar-refractivity contribution in [3.05, 3.63) is 46.5 Å². The van der Waals surface area contributed by atoms with Crippen molar-refractivity contribution in [3.8, 4) is 5.75 Å². The SMILES string of the molecule is COc1ccccc1CNC(=O)c1cc2c(C)nn(C)c2s1. The Bertz CT molecular complexity index is 801. The number of carbonyl (C=O) groups excluding carboxylic acids is 1. The summed E-state index contributed by atoms with van der Waals surface area (Å²) in [6, 6.07) is 9.57. The van der Waals surface area contributed by atoms with Crippen LogP contribution in [0, 0.1) is 6.92 Å². The number of methoxy groups -OCH3 is 1. The molecule has 0 aliphatic rings. The molecule has 114 valence electrons. The number of para-hydroxylation sites is 1. The van der Waals surface area contributed by atoms with Gasteiger partial charge in [-0.05, 0) is 19.1 Å². The quantitative estimate of drug-likeness (QED) is 0.805. The lowest BCUT2D eigenvalue weighted by Crippen LogP contribution is -2.22. The molecule has 0 aliphatic heterocycles. The molecule has 2 heterocycles. The normalized spacial score (nSPS) is 10.9. The summed E-state index contributed by atoms with van der Waals surface area (Å²) < 4.78 is 7.10. The van der Waals surface area contributed by atoms with Crippen LogP contribution in [0.3, 0.4) is 0 Å². The summed E-state index contributed by atoms with van der Waals surface area (Å²) in [5.74, 6) is 0.700. The van der Waals surface area contributed by atoms with Crippen molar-refractivity contribution < 1.29 is 9.53 Å². The average molecular weight is 315 g/mol. The molecule has 1 N–H and O–H groups in total. The summed E-state index contributed by atoms with van der Waals surface area (Å²) in [5.41, 5.74) is 1.90. The minimum atomic E-state index is -0.0773. The second kappa shape index (κ2) is 5.81. The van der Waals surface area contributed by atoms with Crippen molar-refractivity contribution in [2.45, 2.75) is 13.5 Å². The van der Waals surface area contributed by atoms with E-state index in [2.05, 4.69) is 10.4 Å². The number of aryl methyl sites for hydroxylation is 2. The number of hydrogen-bond donors (Lipinski definition) is 1. The lowest BCUT2D eigenvalue weighted by atomic mass is 10.2. The van der Waals surface area contributed by atoms with E-state index in [1.54, 1.807) is 7.11 Å². The van der Waals surface area contributed by atoms with Crippen LogP contribution in [0.4, 0.5) is 0 Å². The number of nitrogens with zero attached hydrogens (tertiary/aromatic N) is 2. The van der Waals surface area contributed by atoms with Crippen LogP contribution in [0.15, 0.2) is 30.3 Å². The van der Waals surface area contributed by atoms with Crippen LogP contribution < -0.4 is 10.1 Å². The predicted molar refractivity (Wildman–Crippen MR) is 87.5 cm³/mol. The van der Waals surface area contributed by atoms with E-state index in [4.69, 9.17) is 4.74 Å². The van der Waals surface area contributed by atoms with Crippen LogP contribution >= 0.6 is 11.3 Å². The molecule has 0 spiro atoms. The van der Waals surface area contributed by atoms with E-state index < -0.39 is 0 Å². The van der Waals surface area contributed by atoms with Gasteiger partial charge in [0.15, 0.2) is 0 Å². The first-order chi connectivity index (χ1) is 10.6. The third-order valence-electron chi connectivity index (χ3n) is 3.55. The molecule has 0 unspecified atom stereocenters. The fourth-order valence-electron chi connectivity index (χ4n) is 2.43. The zero-order valence-corrected chi connectivity index (χ0v) is 13.5. The Labute approximate surface area is 132 Å². The molecule has 0 radical (unpaired) electrons. The Morgan fingerprint density at radius 1 is 1.41 bits per heavy atom. The summed E-state index contributed by atoms with van der Waals surface area (Å²) in [6.45, 7) is 2.39. The van der Waals surface area contributed by atoms with Crippen LogP contribution in [0.2, 0.25) is 0 Å². The highest BCUT2D eigenvalue weighted by atomic mass is 32.1. The predicted octanol–water partition coefficient (Wildman–Crippen LogP) is 2.88. The van der Waals surface area contributed by atoms with E-state index in [0.717, 1.165) is 27.2 Å². The van der Waals surface area contributed by atoms with Crippen LogP contribution in [0.5, 0.6) is 5.75 Å². The maximum atomic E-state index is 12.3. The molecule has 6 heteroatoms. The molecule has 0 saturated heterocycles. The first kappa shape index (κ1) is 14.6. The van der Waals surface area contributed by atoms with Gasteiger partial charge in [-0.2, -0.15) is 5.10 Å². The van der Waals surface area contributed by atoms with Crippen molar-refractivity contribution in [1.29, 1.82) is 0 Å². The van der Waals surface area contributed by atoms with Crippen LogP contribution in [-0.4, -0.2) is 22.8 Å². The molecule has 1 aromatic carbocycles. The van der Waals surface area contributed by atoms with E-state index in [9.17, 15) is 4.79 Å². The number of thiophene rings is 1. The number of aromatic nitrogens is 2. The van der Waals surface area contributed by atoms with E-state index in [0.29, 0.717) is 11.4 Å². The highest BCUT2D eigenvalue weighted by molar-refractivity contribution is 7.20. The average Bonchev–Trinajstić information content (AvgIpc) is 3.07. The zero-order chi connectivity index (χ0) is 15.7. The third-order valence-corrected chi connectivity index (χ3v) is 4.75. The Hall–Kier alpha value is -2.34. The fraction of sp³-hybridized carbons (Fsp3) is 0.250. The van der Waals surface area contributed by atoms with E-state index in [-0.39, 0.29) is 5.91 Å². The second-order valence-electron chi connectivity index (χ2n) is 5.03. The molecule has 0 atom stereocenters. The summed E-state index contributed by atoms with van der Waals surface area (Å²) in [7, 11) is 3.52. The largest absolute Gasteiger partial charge is 0.496 e. The van der Waals surface area contributed by atoms with Gasteiger partial charge in [-0.25, -0.2) is 0 Å². The van der Waals surface area contributed by atoms with Gasteiger partial charge < -0.3 is 10.1 Å². The van der Waals surface area contributed by atoms with Gasteiger partial charge in [0.05, 0.1) is 17.7 Å². The smallest absolute Gasteiger partial charge is 0.261 e. The van der Waals surface area contributed by atoms with Gasteiger partial charge >= 0.3 is 0 Å². The number of benzene rings is 1. The van der Waals surface area contributed by atoms with Crippen molar-refractivity contribution in [2.75, 3.05) is 7.11 Å². The van der Waals surface area contributed by atoms with Crippen molar-refractivity contribution in [2.24, 2.45) is 7.05 Å². The van der Waals surface area contributed by atoms with E-state index >= 15 is 0 Å². The van der Waals surface area contributed by atoms with Gasteiger partial charge in [-0.3, -0.25) is 9.48 Å². The maximum absolute atomic E-state index is 12.3. The van der Waals surface area contributed by atoms with E-state index in [1.807, 2.05) is 49.0 Å². The maximum Gasteiger partial charge on any atom is 0.261 e. The van der Waals surface area contributed by atoms with Gasteiger partial charge in [0, 0.05) is 24.5 Å². The van der Waals surface area contributed by atoms with E-state index in [1.165, 1.54) is 11.3 Å². The number of ether oxygens (including phenoxy) is 1. The molecule has 5 nitrogen and oxygen atoms in total. The third kappa shape index (κ3) is 2.57. The standard InChI is InChI=1S/C16H17N3O2S/c1-10-12-8-14(22-16(12)19(2)18-10)15(20)17-9-11-6-4-5-7-13(11)21-3/h4-8H,9H2,1-3H3,(H,17,20). The zero-order valence-electron chi connectivity index (χ0n) is 12.7. The van der Waals surface area contributed by atoms with Gasteiger partial charge in [0.1, 0.15) is 10.6 Å². The molecule has 0 fully saturated rings. The molecule has 0 saturated carbocycles. The molecular weight excluding hydrogens is 298 g/mol. The minimum Gasteiger partial charge on any atom is -0.496 e. The van der Waals surface area contributed by atoms with Crippen LogP contribution in [0.25, 0.3) is 10.2 Å². The molecule has 0 aliphatic carbocycles. The molecule has 1 amide bonds. The van der Waals surface area contributed by atoms with Crippen molar-refractivity contribution in [3.63, 3.8) is 0 Å². The van der Waals surface area contributed by atoms with Gasteiger partial charge in [0.2, 0.25) is 0 Å². The lowest BCUT2D eigenvalue weighted by molar-refractivity contribution is 0.0955. The minimum absolute atomic E-state index is 0.0773. The number of nitrogens with one attached hydrogen (secondary N) is 1. The number of hydrogen-bond acceptors (Lipinski definition) is 4. The number of fused-ring (bicyclic) bond motifs is 1. The van der Waals surface area contributed by atoms with Gasteiger partial charge in [-0.15, -0.1) is 11.3 Å². The first-order valence-electron chi connectivity index (χ1n) is 6.93. The molecule has 2 aromatic heterocycles. The van der Waals surface area contributed by atoms with Crippen molar-refractivity contribution in [1.82, 2.24) is 15.1 Å². The van der Waals surface area contributed by atoms with Gasteiger partial charge in [-0.1, -0.05) is 18.2 Å². The number of amides is 1. The molecule has 22 heavy (non-hydrogen) atoms. The molecular formula is C16H17N3O2S. The summed E-state index contributed by atoms with van der Waals surface area (Å²) in [5, 5.41) is 8.32. The van der Waals surface area contributed by atoms with Gasteiger partial charge in [0.25, 0.3) is 5.91 Å².